The van der Waals surface area contributed by atoms with E-state index in [0.717, 1.165) is 26.1 Å². The average Bonchev–Trinajstić information content (AvgIpc) is 2.86. The van der Waals surface area contributed by atoms with Crippen molar-refractivity contribution in [1.29, 1.82) is 0 Å². The van der Waals surface area contributed by atoms with Gasteiger partial charge >= 0.3 is 6.03 Å². The number of carbonyl (C=O) groups is 1. The van der Waals surface area contributed by atoms with Crippen LogP contribution >= 0.6 is 0 Å². The van der Waals surface area contributed by atoms with Gasteiger partial charge in [0.25, 0.3) is 0 Å². The number of hydrogen-bond acceptors (Lipinski definition) is 2. The van der Waals surface area contributed by atoms with Gasteiger partial charge in [0.1, 0.15) is 0 Å². The molecule has 1 saturated heterocycles. The second-order valence-corrected chi connectivity index (χ2v) is 4.40. The van der Waals surface area contributed by atoms with Crippen molar-refractivity contribution in [2.75, 3.05) is 31.6 Å². The maximum absolute atomic E-state index is 11.1. The summed E-state index contributed by atoms with van der Waals surface area (Å²) in [7, 11) is 1.64. The van der Waals surface area contributed by atoms with Gasteiger partial charge in [0.05, 0.1) is 0 Å². The van der Waals surface area contributed by atoms with E-state index in [2.05, 4.69) is 39.8 Å². The molecule has 0 bridgehead atoms. The van der Waals surface area contributed by atoms with Crippen LogP contribution in [0.25, 0.3) is 0 Å². The number of anilines is 1. The Kier molecular flexibility index (Phi) is 3.85. The van der Waals surface area contributed by atoms with Crippen LogP contribution in [0.2, 0.25) is 0 Å². The molecule has 0 aromatic heterocycles. The van der Waals surface area contributed by atoms with Crippen LogP contribution in [0.3, 0.4) is 0 Å². The zero-order valence-corrected chi connectivity index (χ0v) is 10.1. The molecule has 0 saturated carbocycles. The van der Waals surface area contributed by atoms with Crippen LogP contribution in [0.5, 0.6) is 0 Å². The fourth-order valence-electron chi connectivity index (χ4n) is 2.20. The van der Waals surface area contributed by atoms with Crippen LogP contribution in [0.1, 0.15) is 6.42 Å². The number of hydrogen-bond donors (Lipinski definition) is 2. The molecule has 1 aromatic rings. The fourth-order valence-corrected chi connectivity index (χ4v) is 2.20. The Morgan fingerprint density at radius 3 is 2.88 bits per heavy atom. The van der Waals surface area contributed by atoms with Gasteiger partial charge in [-0.05, 0) is 24.5 Å². The summed E-state index contributed by atoms with van der Waals surface area (Å²) in [5.74, 6) is 0.549. The van der Waals surface area contributed by atoms with E-state index in [1.165, 1.54) is 5.69 Å². The maximum Gasteiger partial charge on any atom is 0.314 e. The van der Waals surface area contributed by atoms with E-state index >= 15 is 0 Å². The van der Waals surface area contributed by atoms with Crippen molar-refractivity contribution >= 4 is 11.7 Å². The number of urea groups is 1. The molecule has 4 nitrogen and oxygen atoms in total. The summed E-state index contributed by atoms with van der Waals surface area (Å²) in [6.07, 6.45) is 1.14. The van der Waals surface area contributed by atoms with Gasteiger partial charge < -0.3 is 15.5 Å². The first-order chi connectivity index (χ1) is 8.29. The van der Waals surface area contributed by atoms with Crippen LogP contribution in [-0.2, 0) is 0 Å². The van der Waals surface area contributed by atoms with Crippen molar-refractivity contribution in [2.24, 2.45) is 5.92 Å². The molecule has 0 spiro atoms. The molecule has 1 fully saturated rings. The monoisotopic (exact) mass is 233 g/mol. The summed E-state index contributed by atoms with van der Waals surface area (Å²) in [5, 5.41) is 5.44. The highest BCUT2D eigenvalue weighted by Gasteiger charge is 2.22. The van der Waals surface area contributed by atoms with Gasteiger partial charge in [-0.15, -0.1) is 0 Å². The lowest BCUT2D eigenvalue weighted by atomic mass is 10.1. The first kappa shape index (κ1) is 11.8. The summed E-state index contributed by atoms with van der Waals surface area (Å²) >= 11 is 0. The van der Waals surface area contributed by atoms with Crippen LogP contribution in [0.15, 0.2) is 30.3 Å². The molecule has 1 heterocycles. The van der Waals surface area contributed by atoms with E-state index < -0.39 is 0 Å². The second kappa shape index (κ2) is 5.57. The van der Waals surface area contributed by atoms with E-state index in [-0.39, 0.29) is 6.03 Å². The van der Waals surface area contributed by atoms with Crippen molar-refractivity contribution in [1.82, 2.24) is 10.6 Å². The van der Waals surface area contributed by atoms with E-state index in [0.29, 0.717) is 5.92 Å². The zero-order valence-electron chi connectivity index (χ0n) is 10.1. The number of nitrogens with zero attached hydrogens (tertiary/aromatic N) is 1. The predicted molar refractivity (Wildman–Crippen MR) is 69.2 cm³/mol. The summed E-state index contributed by atoms with van der Waals surface area (Å²) in [6, 6.07) is 10.3. The third-order valence-corrected chi connectivity index (χ3v) is 3.19. The van der Waals surface area contributed by atoms with Gasteiger partial charge in [0.2, 0.25) is 0 Å². The molecule has 2 amide bonds. The Morgan fingerprint density at radius 2 is 2.18 bits per heavy atom. The van der Waals surface area contributed by atoms with Gasteiger partial charge in [0.15, 0.2) is 0 Å². The molecule has 1 aromatic carbocycles. The molecule has 1 aliphatic heterocycles. The van der Waals surface area contributed by atoms with Gasteiger partial charge in [-0.3, -0.25) is 0 Å². The standard InChI is InChI=1S/C13H19N3O/c1-14-13(17)15-9-11-7-8-16(10-11)12-5-3-2-4-6-12/h2-6,11H,7-10H2,1H3,(H2,14,15,17). The molecule has 4 heteroatoms. The van der Waals surface area contributed by atoms with Crippen molar-refractivity contribution in [2.45, 2.75) is 6.42 Å². The highest BCUT2D eigenvalue weighted by molar-refractivity contribution is 5.73. The first-order valence-electron chi connectivity index (χ1n) is 6.05. The minimum atomic E-state index is -0.0943. The predicted octanol–water partition coefficient (Wildman–Crippen LogP) is 1.44. The largest absolute Gasteiger partial charge is 0.371 e. The van der Waals surface area contributed by atoms with Gasteiger partial charge in [-0.25, -0.2) is 4.79 Å². The Morgan fingerprint density at radius 1 is 1.41 bits per heavy atom. The zero-order chi connectivity index (χ0) is 12.1. The molecule has 2 N–H and O–H groups in total. The quantitative estimate of drug-likeness (QED) is 0.829. The molecule has 0 radical (unpaired) electrons. The highest BCUT2D eigenvalue weighted by atomic mass is 16.2. The van der Waals surface area contributed by atoms with Crippen LogP contribution in [0.4, 0.5) is 10.5 Å². The van der Waals surface area contributed by atoms with Crippen LogP contribution < -0.4 is 15.5 Å². The van der Waals surface area contributed by atoms with Crippen LogP contribution in [0, 0.1) is 5.92 Å². The molecule has 0 aliphatic carbocycles. The summed E-state index contributed by atoms with van der Waals surface area (Å²) in [5.41, 5.74) is 1.27. The lowest BCUT2D eigenvalue weighted by molar-refractivity contribution is 0.241. The highest BCUT2D eigenvalue weighted by Crippen LogP contribution is 2.22. The van der Waals surface area contributed by atoms with Crippen molar-refractivity contribution in [3.63, 3.8) is 0 Å². The summed E-state index contributed by atoms with van der Waals surface area (Å²) in [4.78, 5) is 13.5. The SMILES string of the molecule is CNC(=O)NCC1CCN(c2ccccc2)C1. The lowest BCUT2D eigenvalue weighted by Gasteiger charge is -2.18. The Hall–Kier alpha value is -1.71. The molecule has 1 atom stereocenters. The topological polar surface area (TPSA) is 44.4 Å². The molecule has 2 rings (SSSR count). The number of carbonyl (C=O) groups excluding carboxylic acids is 1. The number of amides is 2. The Bertz CT molecular complexity index is 366. The molecule has 1 aliphatic rings. The van der Waals surface area contributed by atoms with Crippen molar-refractivity contribution in [3.05, 3.63) is 30.3 Å². The maximum atomic E-state index is 11.1. The summed E-state index contributed by atoms with van der Waals surface area (Å²) < 4.78 is 0. The third kappa shape index (κ3) is 3.12. The smallest absolute Gasteiger partial charge is 0.314 e. The number of benzene rings is 1. The van der Waals surface area contributed by atoms with Crippen LogP contribution in [-0.4, -0.2) is 32.7 Å². The third-order valence-electron chi connectivity index (χ3n) is 3.19. The number of nitrogens with one attached hydrogen (secondary N) is 2. The van der Waals surface area contributed by atoms with E-state index in [9.17, 15) is 4.79 Å². The van der Waals surface area contributed by atoms with E-state index in [1.807, 2.05) is 6.07 Å². The summed E-state index contributed by atoms with van der Waals surface area (Å²) in [6.45, 7) is 2.85. The normalized spacial score (nSPS) is 19.1. The lowest BCUT2D eigenvalue weighted by Crippen LogP contribution is -2.36. The molecule has 92 valence electrons. The van der Waals surface area contributed by atoms with E-state index in [4.69, 9.17) is 0 Å². The van der Waals surface area contributed by atoms with Gasteiger partial charge in [-0.2, -0.15) is 0 Å². The molecular formula is C13H19N3O. The Labute approximate surface area is 102 Å². The fraction of sp³-hybridized carbons (Fsp3) is 0.462. The van der Waals surface area contributed by atoms with E-state index in [1.54, 1.807) is 7.05 Å². The first-order valence-corrected chi connectivity index (χ1v) is 6.05. The second-order valence-electron chi connectivity index (χ2n) is 4.40. The number of rotatable bonds is 3. The minimum absolute atomic E-state index is 0.0943. The Balaban J connectivity index is 1.82. The van der Waals surface area contributed by atoms with Gasteiger partial charge in [0, 0.05) is 32.4 Å². The molecule has 1 unspecified atom stereocenters. The number of para-hydroxylation sites is 1. The molecular weight excluding hydrogens is 214 g/mol. The van der Waals surface area contributed by atoms with Gasteiger partial charge in [-0.1, -0.05) is 18.2 Å². The van der Waals surface area contributed by atoms with Crippen molar-refractivity contribution in [3.8, 4) is 0 Å². The average molecular weight is 233 g/mol. The molecule has 17 heavy (non-hydrogen) atoms. The van der Waals surface area contributed by atoms with Crippen molar-refractivity contribution < 1.29 is 4.79 Å². The minimum Gasteiger partial charge on any atom is -0.371 e.